The number of carbonyl (C=O) groups excluding carboxylic acids is 2. The Hall–Kier alpha value is -3.85. The maximum absolute atomic E-state index is 13.5. The summed E-state index contributed by atoms with van der Waals surface area (Å²) in [5.41, 5.74) is 2.19. The molecule has 2 amide bonds. The molecule has 0 bridgehead atoms. The molecule has 4 rings (SSSR count). The number of thioether (sulfide) groups is 1. The van der Waals surface area contributed by atoms with Crippen LogP contribution in [0.1, 0.15) is 17.2 Å². The zero-order valence-corrected chi connectivity index (χ0v) is 21.4. The van der Waals surface area contributed by atoms with Gasteiger partial charge >= 0.3 is 0 Å². The van der Waals surface area contributed by atoms with E-state index in [9.17, 15) is 9.59 Å². The summed E-state index contributed by atoms with van der Waals surface area (Å²) in [6.45, 7) is -0.107. The van der Waals surface area contributed by atoms with Crippen LogP contribution < -0.4 is 29.2 Å². The Morgan fingerprint density at radius 2 is 1.61 bits per heavy atom. The highest BCUT2D eigenvalue weighted by Gasteiger charge is 2.31. The molecular formula is C27H28N2O6S. The van der Waals surface area contributed by atoms with Gasteiger partial charge in [-0.15, -0.1) is 11.8 Å². The third-order valence-corrected chi connectivity index (χ3v) is 7.14. The van der Waals surface area contributed by atoms with Crippen molar-refractivity contribution in [2.45, 2.75) is 16.6 Å². The minimum atomic E-state index is -0.292. The van der Waals surface area contributed by atoms with Gasteiger partial charge in [0, 0.05) is 22.3 Å². The molecule has 3 aromatic rings. The number of hydrogen-bond acceptors (Lipinski definition) is 7. The number of anilines is 2. The van der Waals surface area contributed by atoms with E-state index in [4.69, 9.17) is 18.9 Å². The average molecular weight is 509 g/mol. The second-order valence-corrected chi connectivity index (χ2v) is 9.24. The number of para-hydroxylation sites is 1. The van der Waals surface area contributed by atoms with Gasteiger partial charge in [0.15, 0.2) is 11.5 Å². The van der Waals surface area contributed by atoms with Crippen LogP contribution in [0.3, 0.4) is 0 Å². The largest absolute Gasteiger partial charge is 0.497 e. The highest BCUT2D eigenvalue weighted by molar-refractivity contribution is 7.99. The van der Waals surface area contributed by atoms with Crippen molar-refractivity contribution in [3.8, 4) is 23.0 Å². The number of amides is 2. The quantitative estimate of drug-likeness (QED) is 0.462. The van der Waals surface area contributed by atoms with Gasteiger partial charge in [0.25, 0.3) is 0 Å². The lowest BCUT2D eigenvalue weighted by Crippen LogP contribution is -2.38. The fourth-order valence-electron chi connectivity index (χ4n) is 4.04. The lowest BCUT2D eigenvalue weighted by Gasteiger charge is -2.22. The van der Waals surface area contributed by atoms with Crippen LogP contribution in [-0.2, 0) is 9.59 Å². The van der Waals surface area contributed by atoms with Gasteiger partial charge in [0.2, 0.25) is 17.6 Å². The summed E-state index contributed by atoms with van der Waals surface area (Å²) in [6, 6.07) is 18.4. The van der Waals surface area contributed by atoms with Crippen molar-refractivity contribution in [3.05, 3.63) is 66.2 Å². The van der Waals surface area contributed by atoms with Gasteiger partial charge in [0.05, 0.1) is 34.1 Å². The van der Waals surface area contributed by atoms with Crippen molar-refractivity contribution in [2.24, 2.45) is 0 Å². The number of methoxy groups -OCH3 is 4. The normalized spacial score (nSPS) is 14.9. The third kappa shape index (κ3) is 5.36. The Balaban J connectivity index is 1.61. The number of nitrogens with one attached hydrogen (secondary N) is 1. The minimum absolute atomic E-state index is 0.107. The predicted octanol–water partition coefficient (Wildman–Crippen LogP) is 4.93. The number of nitrogens with zero attached hydrogens (tertiary/aromatic N) is 1. The standard InChI is InChI=1S/C27H28N2O6S/c1-32-19-11-9-18(10-12-19)28-25(30)16-29-20-7-5-6-8-23(20)36-24(15-26(29)31)17-13-21(33-2)27(35-4)22(14-17)34-3/h5-14,24H,15-16H2,1-4H3,(H,28,30). The molecule has 1 aliphatic heterocycles. The molecule has 1 unspecified atom stereocenters. The van der Waals surface area contributed by atoms with E-state index >= 15 is 0 Å². The number of benzene rings is 3. The molecule has 8 nitrogen and oxygen atoms in total. The first-order chi connectivity index (χ1) is 17.5. The second-order valence-electron chi connectivity index (χ2n) is 7.99. The molecule has 1 atom stereocenters. The van der Waals surface area contributed by atoms with Crippen molar-refractivity contribution in [1.82, 2.24) is 0 Å². The Bertz CT molecular complexity index is 1220. The van der Waals surface area contributed by atoms with Crippen molar-refractivity contribution in [1.29, 1.82) is 0 Å². The number of ether oxygens (including phenoxy) is 4. The van der Waals surface area contributed by atoms with E-state index in [-0.39, 0.29) is 30.0 Å². The topological polar surface area (TPSA) is 86.3 Å². The third-order valence-electron chi connectivity index (χ3n) is 5.82. The summed E-state index contributed by atoms with van der Waals surface area (Å²) in [5, 5.41) is 2.64. The molecule has 0 radical (unpaired) electrons. The van der Waals surface area contributed by atoms with Gasteiger partial charge in [-0.1, -0.05) is 12.1 Å². The summed E-state index contributed by atoms with van der Waals surface area (Å²) < 4.78 is 21.6. The van der Waals surface area contributed by atoms with Crippen LogP contribution in [0.5, 0.6) is 23.0 Å². The lowest BCUT2D eigenvalue weighted by atomic mass is 10.1. The molecule has 1 aliphatic rings. The van der Waals surface area contributed by atoms with Crippen LogP contribution in [-0.4, -0.2) is 46.8 Å². The molecule has 1 N–H and O–H groups in total. The molecule has 3 aromatic carbocycles. The molecule has 0 aromatic heterocycles. The molecule has 1 heterocycles. The monoisotopic (exact) mass is 508 g/mol. The molecule has 0 aliphatic carbocycles. The molecule has 9 heteroatoms. The molecule has 0 spiro atoms. The Morgan fingerprint density at radius 1 is 0.944 bits per heavy atom. The minimum Gasteiger partial charge on any atom is -0.497 e. The van der Waals surface area contributed by atoms with Gasteiger partial charge in [-0.2, -0.15) is 0 Å². The van der Waals surface area contributed by atoms with Crippen molar-refractivity contribution >= 4 is 35.0 Å². The molecule has 0 saturated heterocycles. The smallest absolute Gasteiger partial charge is 0.244 e. The number of rotatable bonds is 8. The number of hydrogen-bond donors (Lipinski definition) is 1. The Morgan fingerprint density at radius 3 is 2.22 bits per heavy atom. The van der Waals surface area contributed by atoms with E-state index in [1.165, 1.54) is 0 Å². The van der Waals surface area contributed by atoms with E-state index in [1.807, 2.05) is 36.4 Å². The molecular weight excluding hydrogens is 480 g/mol. The summed E-state index contributed by atoms with van der Waals surface area (Å²) in [5.74, 6) is 1.78. The average Bonchev–Trinajstić information content (AvgIpc) is 3.04. The summed E-state index contributed by atoms with van der Waals surface area (Å²) >= 11 is 1.57. The number of fused-ring (bicyclic) bond motifs is 1. The molecule has 36 heavy (non-hydrogen) atoms. The zero-order chi connectivity index (χ0) is 25.7. The first-order valence-corrected chi connectivity index (χ1v) is 12.1. The molecule has 0 fully saturated rings. The predicted molar refractivity (Wildman–Crippen MR) is 140 cm³/mol. The van der Waals surface area contributed by atoms with Crippen molar-refractivity contribution in [3.63, 3.8) is 0 Å². The van der Waals surface area contributed by atoms with Gasteiger partial charge in [-0.25, -0.2) is 0 Å². The van der Waals surface area contributed by atoms with E-state index in [0.29, 0.717) is 34.4 Å². The van der Waals surface area contributed by atoms with Crippen LogP contribution in [0.15, 0.2) is 65.6 Å². The highest BCUT2D eigenvalue weighted by Crippen LogP contribution is 2.49. The van der Waals surface area contributed by atoms with Crippen LogP contribution >= 0.6 is 11.8 Å². The van der Waals surface area contributed by atoms with E-state index in [2.05, 4.69) is 5.32 Å². The second kappa shape index (κ2) is 11.3. The van der Waals surface area contributed by atoms with E-state index < -0.39 is 0 Å². The highest BCUT2D eigenvalue weighted by atomic mass is 32.2. The molecule has 0 saturated carbocycles. The molecule has 188 valence electrons. The van der Waals surface area contributed by atoms with Crippen LogP contribution in [0.25, 0.3) is 0 Å². The zero-order valence-electron chi connectivity index (χ0n) is 20.6. The van der Waals surface area contributed by atoms with Crippen LogP contribution in [0.2, 0.25) is 0 Å². The first-order valence-electron chi connectivity index (χ1n) is 11.3. The summed E-state index contributed by atoms with van der Waals surface area (Å²) in [7, 11) is 6.25. The van der Waals surface area contributed by atoms with Gasteiger partial charge in [-0.05, 0) is 54.1 Å². The summed E-state index contributed by atoms with van der Waals surface area (Å²) in [4.78, 5) is 28.8. The van der Waals surface area contributed by atoms with Crippen molar-refractivity contribution in [2.75, 3.05) is 45.2 Å². The van der Waals surface area contributed by atoms with Crippen LogP contribution in [0.4, 0.5) is 11.4 Å². The van der Waals surface area contributed by atoms with Crippen molar-refractivity contribution < 1.29 is 28.5 Å². The fourth-order valence-corrected chi connectivity index (χ4v) is 5.30. The van der Waals surface area contributed by atoms with Crippen LogP contribution in [0, 0.1) is 0 Å². The first kappa shape index (κ1) is 25.2. The van der Waals surface area contributed by atoms with Gasteiger partial charge in [-0.3, -0.25) is 9.59 Å². The van der Waals surface area contributed by atoms with E-state index in [1.54, 1.807) is 69.4 Å². The summed E-state index contributed by atoms with van der Waals surface area (Å²) in [6.07, 6.45) is 0.188. The SMILES string of the molecule is COc1ccc(NC(=O)CN2C(=O)CC(c3cc(OC)c(OC)c(OC)c3)Sc3ccccc32)cc1. The van der Waals surface area contributed by atoms with Gasteiger partial charge < -0.3 is 29.2 Å². The lowest BCUT2D eigenvalue weighted by molar-refractivity contribution is -0.121. The number of carbonyl (C=O) groups is 2. The van der Waals surface area contributed by atoms with Gasteiger partial charge in [0.1, 0.15) is 12.3 Å². The maximum Gasteiger partial charge on any atom is 0.244 e. The Labute approximate surface area is 214 Å². The van der Waals surface area contributed by atoms with E-state index in [0.717, 1.165) is 10.5 Å². The Kier molecular flexibility index (Phi) is 7.90. The maximum atomic E-state index is 13.5. The fraction of sp³-hybridized carbons (Fsp3) is 0.259.